The van der Waals surface area contributed by atoms with E-state index >= 15 is 0 Å². The van der Waals surface area contributed by atoms with E-state index in [4.69, 9.17) is 0 Å². The number of benzene rings is 1. The number of nitrogens with one attached hydrogen (secondary N) is 1. The van der Waals surface area contributed by atoms with Gasteiger partial charge in [0.25, 0.3) is 11.0 Å². The van der Waals surface area contributed by atoms with E-state index in [0.29, 0.717) is 0 Å². The van der Waals surface area contributed by atoms with Crippen LogP contribution in [0.2, 0.25) is 0 Å². The van der Waals surface area contributed by atoms with Crippen LogP contribution in [0.5, 0.6) is 0 Å². The Morgan fingerprint density at radius 1 is 1.31 bits per heavy atom. The van der Waals surface area contributed by atoms with Crippen LogP contribution < -0.4 is 4.40 Å². The summed E-state index contributed by atoms with van der Waals surface area (Å²) in [5, 5.41) is 0. The van der Waals surface area contributed by atoms with E-state index in [9.17, 15) is 4.21 Å². The van der Waals surface area contributed by atoms with Gasteiger partial charge in [0.2, 0.25) is 0 Å². The van der Waals surface area contributed by atoms with Gasteiger partial charge in [-0.2, -0.15) is 8.61 Å². The Kier molecular flexibility index (Phi) is 4.03. The first kappa shape index (κ1) is 13.1. The second kappa shape index (κ2) is 4.91. The maximum absolute atomic E-state index is 11.9. The maximum atomic E-state index is 11.9. The van der Waals surface area contributed by atoms with Crippen LogP contribution in [0, 0.1) is 6.92 Å². The summed E-state index contributed by atoms with van der Waals surface area (Å²) in [5.74, 6) is 0. The zero-order valence-electron chi connectivity index (χ0n) is 10.6. The highest BCUT2D eigenvalue weighted by atomic mass is 32.2. The summed E-state index contributed by atoms with van der Waals surface area (Å²) in [6, 6.07) is 8.17. The molecule has 1 unspecified atom stereocenters. The van der Waals surface area contributed by atoms with Crippen molar-refractivity contribution < 1.29 is 8.61 Å². The van der Waals surface area contributed by atoms with Crippen molar-refractivity contribution in [3.8, 4) is 0 Å². The molecule has 88 valence electrons. The molecule has 0 aromatic heterocycles. The van der Waals surface area contributed by atoms with Crippen LogP contribution in [0.1, 0.15) is 38.8 Å². The van der Waals surface area contributed by atoms with Crippen LogP contribution in [0.4, 0.5) is 0 Å². The molecule has 0 aliphatic carbocycles. The van der Waals surface area contributed by atoms with Gasteiger partial charge < -0.3 is 0 Å². The van der Waals surface area contributed by atoms with Crippen LogP contribution in [-0.2, 0) is 11.0 Å². The molecule has 0 amide bonds. The predicted molar refractivity (Wildman–Crippen MR) is 69.8 cm³/mol. The highest BCUT2D eigenvalue weighted by molar-refractivity contribution is 7.79. The molecule has 0 saturated heterocycles. The van der Waals surface area contributed by atoms with Crippen molar-refractivity contribution in [3.05, 3.63) is 35.4 Å². The molecular weight excluding hydrogens is 218 g/mol. The Morgan fingerprint density at radius 2 is 1.94 bits per heavy atom. The van der Waals surface area contributed by atoms with E-state index in [-0.39, 0.29) is 4.75 Å². The zero-order valence-corrected chi connectivity index (χ0v) is 11.4. The zero-order chi connectivity index (χ0) is 12.3. The molecule has 1 atom stereocenters. The summed E-state index contributed by atoms with van der Waals surface area (Å²) in [7, 11) is -1.06. The molecule has 1 aromatic rings. The van der Waals surface area contributed by atoms with Crippen molar-refractivity contribution in [2.75, 3.05) is 0 Å². The Bertz CT molecular complexity index is 430. The van der Waals surface area contributed by atoms with Crippen LogP contribution in [0.3, 0.4) is 0 Å². The molecule has 2 nitrogen and oxygen atoms in total. The van der Waals surface area contributed by atoms with Gasteiger partial charge in [0.15, 0.2) is 5.71 Å². The van der Waals surface area contributed by atoms with Gasteiger partial charge in [-0.3, -0.25) is 0 Å². The van der Waals surface area contributed by atoms with Crippen molar-refractivity contribution in [2.45, 2.75) is 39.4 Å². The largest absolute Gasteiger partial charge is 0.285 e. The van der Waals surface area contributed by atoms with E-state index < -0.39 is 11.0 Å². The van der Waals surface area contributed by atoms with Crippen LogP contribution in [0.25, 0.3) is 0 Å². The SMILES string of the molecule is C/C(=[NH+]\S(=O)C(C)(C)C)c1cccc(C)c1. The normalized spacial score (nSPS) is 14.9. The van der Waals surface area contributed by atoms with Crippen LogP contribution >= 0.6 is 0 Å². The first-order chi connectivity index (χ1) is 7.30. The fraction of sp³-hybridized carbons (Fsp3) is 0.462. The molecule has 1 rings (SSSR count). The second-order valence-corrected chi connectivity index (χ2v) is 6.94. The van der Waals surface area contributed by atoms with Gasteiger partial charge >= 0.3 is 0 Å². The Labute approximate surface area is 100 Å². The van der Waals surface area contributed by atoms with Crippen molar-refractivity contribution >= 4 is 16.7 Å². The highest BCUT2D eigenvalue weighted by Gasteiger charge is 2.25. The molecule has 0 saturated carbocycles. The lowest BCUT2D eigenvalue weighted by Crippen LogP contribution is -2.76. The second-order valence-electron chi connectivity index (χ2n) is 4.98. The molecule has 1 aromatic carbocycles. The minimum absolute atomic E-state index is 0.245. The molecule has 3 heteroatoms. The van der Waals surface area contributed by atoms with Crippen LogP contribution in [0.15, 0.2) is 24.3 Å². The number of hydrogen-bond acceptors (Lipinski definition) is 1. The van der Waals surface area contributed by atoms with E-state index in [1.165, 1.54) is 5.56 Å². The monoisotopic (exact) mass is 238 g/mol. The summed E-state index contributed by atoms with van der Waals surface area (Å²) in [6.45, 7) is 9.88. The number of aryl methyl sites for hydroxylation is 1. The number of rotatable bonds is 2. The molecule has 0 aliphatic rings. The van der Waals surface area contributed by atoms with Gasteiger partial charge in [-0.15, -0.1) is 0 Å². The molecule has 0 aliphatic heterocycles. The van der Waals surface area contributed by atoms with Gasteiger partial charge in [-0.05, 0) is 39.8 Å². The maximum Gasteiger partial charge on any atom is 0.285 e. The summed E-state index contributed by atoms with van der Waals surface area (Å²) < 4.78 is 14.7. The third-order valence-electron chi connectivity index (χ3n) is 2.25. The Hall–Kier alpha value is -0.960. The fourth-order valence-corrected chi connectivity index (χ4v) is 1.93. The van der Waals surface area contributed by atoms with Gasteiger partial charge in [0.05, 0.1) is 4.75 Å². The van der Waals surface area contributed by atoms with E-state index in [1.807, 2.05) is 39.8 Å². The predicted octanol–water partition coefficient (Wildman–Crippen LogP) is 1.35. The summed E-state index contributed by atoms with van der Waals surface area (Å²) in [6.07, 6.45) is 0. The summed E-state index contributed by atoms with van der Waals surface area (Å²) in [5.41, 5.74) is 3.26. The lowest BCUT2D eigenvalue weighted by atomic mass is 10.1. The molecular formula is C13H20NOS+. The molecule has 16 heavy (non-hydrogen) atoms. The summed E-state index contributed by atoms with van der Waals surface area (Å²) in [4.78, 5) is 0. The van der Waals surface area contributed by atoms with Gasteiger partial charge in [-0.25, -0.2) is 0 Å². The van der Waals surface area contributed by atoms with Crippen molar-refractivity contribution in [3.63, 3.8) is 0 Å². The van der Waals surface area contributed by atoms with Crippen molar-refractivity contribution in [2.24, 2.45) is 0 Å². The van der Waals surface area contributed by atoms with Gasteiger partial charge in [0.1, 0.15) is 0 Å². The quantitative estimate of drug-likeness (QED) is 0.775. The fourth-order valence-electron chi connectivity index (χ4n) is 1.23. The Balaban J connectivity index is 2.99. The Morgan fingerprint density at radius 3 is 2.44 bits per heavy atom. The first-order valence-electron chi connectivity index (χ1n) is 5.40. The first-order valence-corrected chi connectivity index (χ1v) is 6.55. The van der Waals surface area contributed by atoms with Gasteiger partial charge in [0, 0.05) is 12.5 Å². The average Bonchev–Trinajstić information content (AvgIpc) is 2.16. The van der Waals surface area contributed by atoms with Gasteiger partial charge in [-0.1, -0.05) is 17.7 Å². The smallest absolute Gasteiger partial charge is 0.186 e. The molecule has 0 fully saturated rings. The minimum Gasteiger partial charge on any atom is -0.186 e. The lowest BCUT2D eigenvalue weighted by molar-refractivity contribution is -0.259. The van der Waals surface area contributed by atoms with Crippen molar-refractivity contribution in [1.29, 1.82) is 0 Å². The van der Waals surface area contributed by atoms with E-state index in [2.05, 4.69) is 23.5 Å². The molecule has 0 heterocycles. The highest BCUT2D eigenvalue weighted by Crippen LogP contribution is 2.06. The average molecular weight is 238 g/mol. The van der Waals surface area contributed by atoms with Crippen LogP contribution in [-0.4, -0.2) is 14.7 Å². The standard InChI is InChI=1S/C13H19NOS/c1-10-7-6-8-12(9-10)11(2)14-16(15)13(3,4)5/h6-9H,1-5H3/p+1/b14-11+. The van der Waals surface area contributed by atoms with E-state index in [1.54, 1.807) is 0 Å². The van der Waals surface area contributed by atoms with E-state index in [0.717, 1.165) is 11.3 Å². The van der Waals surface area contributed by atoms with Crippen molar-refractivity contribution in [1.82, 2.24) is 0 Å². The number of hydrogen-bond donors (Lipinski definition) is 1. The molecule has 0 radical (unpaired) electrons. The molecule has 0 spiro atoms. The third kappa shape index (κ3) is 3.56. The third-order valence-corrected chi connectivity index (χ3v) is 3.86. The topological polar surface area (TPSA) is 31.0 Å². The lowest BCUT2D eigenvalue weighted by Gasteiger charge is -2.08. The molecule has 1 N–H and O–H groups in total. The molecule has 0 bridgehead atoms. The summed E-state index contributed by atoms with van der Waals surface area (Å²) >= 11 is 0. The minimum atomic E-state index is -1.06.